The van der Waals surface area contributed by atoms with Crippen LogP contribution >= 0.6 is 0 Å². The fourth-order valence-corrected chi connectivity index (χ4v) is 2.01. The predicted octanol–water partition coefficient (Wildman–Crippen LogP) is 3.70. The molecule has 0 saturated carbocycles. The smallest absolute Gasteiger partial charge is 0.372 e. The van der Waals surface area contributed by atoms with Crippen LogP contribution in [0.2, 0.25) is 0 Å². The van der Waals surface area contributed by atoms with Crippen LogP contribution in [0.4, 0.5) is 18.9 Å². The summed E-state index contributed by atoms with van der Waals surface area (Å²) in [5.74, 6) is 0. The van der Waals surface area contributed by atoms with Crippen LogP contribution in [0.1, 0.15) is 24.8 Å². The van der Waals surface area contributed by atoms with Gasteiger partial charge in [0.15, 0.2) is 0 Å². The summed E-state index contributed by atoms with van der Waals surface area (Å²) in [7, 11) is 0. The van der Waals surface area contributed by atoms with Crippen LogP contribution in [0, 0.1) is 0 Å². The van der Waals surface area contributed by atoms with Gasteiger partial charge in [-0.2, -0.15) is 13.2 Å². The Hall–Kier alpha value is -1.19. The van der Waals surface area contributed by atoms with E-state index in [2.05, 4.69) is 4.90 Å². The molecular formula is C12H14F3N. The largest absolute Gasteiger partial charge is 0.416 e. The van der Waals surface area contributed by atoms with Gasteiger partial charge in [0, 0.05) is 18.8 Å². The SMILES string of the molecule is FC(F)(F)c1ccc(N2CCCCC2)cc1. The van der Waals surface area contributed by atoms with Crippen molar-refractivity contribution in [2.24, 2.45) is 0 Å². The second kappa shape index (κ2) is 4.36. The molecular weight excluding hydrogens is 215 g/mol. The molecule has 16 heavy (non-hydrogen) atoms. The maximum atomic E-state index is 12.3. The molecule has 1 aliphatic rings. The van der Waals surface area contributed by atoms with Gasteiger partial charge in [-0.25, -0.2) is 0 Å². The summed E-state index contributed by atoms with van der Waals surface area (Å²) in [6.45, 7) is 1.90. The molecule has 0 bridgehead atoms. The summed E-state index contributed by atoms with van der Waals surface area (Å²) >= 11 is 0. The zero-order valence-electron chi connectivity index (χ0n) is 8.93. The zero-order chi connectivity index (χ0) is 11.6. The minimum atomic E-state index is -4.24. The van der Waals surface area contributed by atoms with E-state index in [0.29, 0.717) is 0 Å². The Balaban J connectivity index is 2.12. The van der Waals surface area contributed by atoms with Gasteiger partial charge in [0.05, 0.1) is 5.56 Å². The Labute approximate surface area is 92.9 Å². The summed E-state index contributed by atoms with van der Waals surface area (Å²) in [6.07, 6.45) is -0.764. The molecule has 1 saturated heterocycles. The van der Waals surface area contributed by atoms with Crippen molar-refractivity contribution in [1.82, 2.24) is 0 Å². The first kappa shape index (κ1) is 11.3. The Bertz CT molecular complexity index is 336. The molecule has 4 heteroatoms. The van der Waals surface area contributed by atoms with Gasteiger partial charge in [0.2, 0.25) is 0 Å². The van der Waals surface area contributed by atoms with Crippen molar-refractivity contribution in [2.75, 3.05) is 18.0 Å². The highest BCUT2D eigenvalue weighted by Gasteiger charge is 2.30. The van der Waals surface area contributed by atoms with Gasteiger partial charge in [0.1, 0.15) is 0 Å². The summed E-state index contributed by atoms with van der Waals surface area (Å²) in [6, 6.07) is 5.44. The van der Waals surface area contributed by atoms with E-state index in [4.69, 9.17) is 0 Å². The maximum Gasteiger partial charge on any atom is 0.416 e. The molecule has 2 rings (SSSR count). The summed E-state index contributed by atoms with van der Waals surface area (Å²) in [5.41, 5.74) is 0.320. The van der Waals surface area contributed by atoms with E-state index in [9.17, 15) is 13.2 Å². The Kier molecular flexibility index (Phi) is 3.08. The number of halogens is 3. The van der Waals surface area contributed by atoms with Crippen molar-refractivity contribution in [2.45, 2.75) is 25.4 Å². The highest BCUT2D eigenvalue weighted by atomic mass is 19.4. The Morgan fingerprint density at radius 2 is 1.44 bits per heavy atom. The minimum absolute atomic E-state index is 0.576. The van der Waals surface area contributed by atoms with Gasteiger partial charge in [-0.15, -0.1) is 0 Å². The lowest BCUT2D eigenvalue weighted by atomic mass is 10.1. The van der Waals surface area contributed by atoms with Gasteiger partial charge in [0.25, 0.3) is 0 Å². The molecule has 88 valence electrons. The van der Waals surface area contributed by atoms with Crippen LogP contribution in [0.25, 0.3) is 0 Å². The standard InChI is InChI=1S/C12H14F3N/c13-12(14,15)10-4-6-11(7-5-10)16-8-2-1-3-9-16/h4-7H,1-3,8-9H2. The summed E-state index contributed by atoms with van der Waals surface area (Å²) < 4.78 is 37.0. The maximum absolute atomic E-state index is 12.3. The van der Waals surface area contributed by atoms with Crippen molar-refractivity contribution in [3.8, 4) is 0 Å². The van der Waals surface area contributed by atoms with Crippen molar-refractivity contribution in [3.05, 3.63) is 29.8 Å². The number of benzene rings is 1. The van der Waals surface area contributed by atoms with Crippen LogP contribution in [0.5, 0.6) is 0 Å². The lowest BCUT2D eigenvalue weighted by Crippen LogP contribution is -2.29. The minimum Gasteiger partial charge on any atom is -0.372 e. The Morgan fingerprint density at radius 1 is 0.875 bits per heavy atom. The van der Waals surface area contributed by atoms with Crippen LogP contribution in [0.15, 0.2) is 24.3 Å². The summed E-state index contributed by atoms with van der Waals surface area (Å²) in [4.78, 5) is 2.14. The number of hydrogen-bond donors (Lipinski definition) is 0. The van der Waals surface area contributed by atoms with Gasteiger partial charge >= 0.3 is 6.18 Å². The van der Waals surface area contributed by atoms with E-state index in [1.807, 2.05) is 0 Å². The highest BCUT2D eigenvalue weighted by molar-refractivity contribution is 5.48. The third-order valence-corrected chi connectivity index (χ3v) is 2.92. The lowest BCUT2D eigenvalue weighted by Gasteiger charge is -2.28. The van der Waals surface area contributed by atoms with Crippen molar-refractivity contribution >= 4 is 5.69 Å². The van der Waals surface area contributed by atoms with E-state index in [-0.39, 0.29) is 0 Å². The molecule has 1 aliphatic heterocycles. The monoisotopic (exact) mass is 229 g/mol. The number of alkyl halides is 3. The molecule has 1 aromatic carbocycles. The van der Waals surface area contributed by atoms with Gasteiger partial charge in [-0.05, 0) is 43.5 Å². The molecule has 1 nitrogen and oxygen atoms in total. The first-order valence-corrected chi connectivity index (χ1v) is 5.49. The number of nitrogens with zero attached hydrogens (tertiary/aromatic N) is 1. The van der Waals surface area contributed by atoms with Crippen molar-refractivity contribution in [1.29, 1.82) is 0 Å². The van der Waals surface area contributed by atoms with Crippen LogP contribution < -0.4 is 4.90 Å². The average molecular weight is 229 g/mol. The molecule has 0 aromatic heterocycles. The molecule has 0 amide bonds. The van der Waals surface area contributed by atoms with Crippen LogP contribution in [0.3, 0.4) is 0 Å². The van der Waals surface area contributed by atoms with Crippen LogP contribution in [-0.4, -0.2) is 13.1 Å². The van der Waals surface area contributed by atoms with Gasteiger partial charge in [-0.1, -0.05) is 0 Å². The second-order valence-electron chi connectivity index (χ2n) is 4.09. The second-order valence-corrected chi connectivity index (χ2v) is 4.09. The number of rotatable bonds is 1. The zero-order valence-corrected chi connectivity index (χ0v) is 8.93. The molecule has 0 radical (unpaired) electrons. The third kappa shape index (κ3) is 2.49. The molecule has 0 N–H and O–H groups in total. The topological polar surface area (TPSA) is 3.24 Å². The normalized spacial score (nSPS) is 17.6. The fraction of sp³-hybridized carbons (Fsp3) is 0.500. The quantitative estimate of drug-likeness (QED) is 0.709. The van der Waals surface area contributed by atoms with E-state index >= 15 is 0 Å². The first-order valence-electron chi connectivity index (χ1n) is 5.49. The van der Waals surface area contributed by atoms with Crippen LogP contribution in [-0.2, 0) is 6.18 Å². The van der Waals surface area contributed by atoms with Gasteiger partial charge < -0.3 is 4.90 Å². The molecule has 1 fully saturated rings. The van der Waals surface area contributed by atoms with E-state index in [1.165, 1.54) is 6.42 Å². The highest BCUT2D eigenvalue weighted by Crippen LogP contribution is 2.30. The number of anilines is 1. The molecule has 0 atom stereocenters. The van der Waals surface area contributed by atoms with E-state index in [1.54, 1.807) is 12.1 Å². The first-order chi connectivity index (χ1) is 7.57. The molecule has 1 heterocycles. The van der Waals surface area contributed by atoms with Crippen molar-refractivity contribution < 1.29 is 13.2 Å². The average Bonchev–Trinajstić information content (AvgIpc) is 2.29. The fourth-order valence-electron chi connectivity index (χ4n) is 2.01. The number of hydrogen-bond acceptors (Lipinski definition) is 1. The number of piperidine rings is 1. The lowest BCUT2D eigenvalue weighted by molar-refractivity contribution is -0.137. The van der Waals surface area contributed by atoms with Crippen molar-refractivity contribution in [3.63, 3.8) is 0 Å². The Morgan fingerprint density at radius 3 is 1.94 bits per heavy atom. The summed E-state index contributed by atoms with van der Waals surface area (Å²) in [5, 5.41) is 0. The molecule has 0 spiro atoms. The van der Waals surface area contributed by atoms with Gasteiger partial charge in [-0.3, -0.25) is 0 Å². The third-order valence-electron chi connectivity index (χ3n) is 2.92. The molecule has 1 aromatic rings. The van der Waals surface area contributed by atoms with E-state index < -0.39 is 11.7 Å². The molecule has 0 unspecified atom stereocenters. The molecule has 0 aliphatic carbocycles. The van der Waals surface area contributed by atoms with E-state index in [0.717, 1.165) is 43.8 Å². The predicted molar refractivity (Wildman–Crippen MR) is 57.5 cm³/mol.